The van der Waals surface area contributed by atoms with Crippen LogP contribution < -0.4 is 0 Å². The molecule has 0 radical (unpaired) electrons. The average Bonchev–Trinajstić information content (AvgIpc) is 2.80. The monoisotopic (exact) mass is 286 g/mol. The molecule has 1 aromatic heterocycles. The molecular formula is C16H15ClN2O. The van der Waals surface area contributed by atoms with E-state index in [4.69, 9.17) is 11.6 Å². The Balaban J connectivity index is 2.06. The Morgan fingerprint density at radius 2 is 2.00 bits per heavy atom. The molecule has 102 valence electrons. The molecule has 4 heteroatoms. The largest absolute Gasteiger partial charge is 0.390 e. The van der Waals surface area contributed by atoms with Crippen molar-refractivity contribution in [1.82, 2.24) is 9.78 Å². The number of rotatable bonds is 3. The van der Waals surface area contributed by atoms with Gasteiger partial charge in [-0.15, -0.1) is 0 Å². The molecule has 0 amide bonds. The van der Waals surface area contributed by atoms with Gasteiger partial charge in [-0.1, -0.05) is 35.9 Å². The lowest BCUT2D eigenvalue weighted by molar-refractivity contribution is 0.276. The highest BCUT2D eigenvalue weighted by Gasteiger charge is 2.10. The number of benzene rings is 2. The SMILES string of the molecule is Cc1cc(Cl)ccc1Cn1nc(CO)c2ccccc21. The van der Waals surface area contributed by atoms with Crippen molar-refractivity contribution < 1.29 is 5.11 Å². The highest BCUT2D eigenvalue weighted by atomic mass is 35.5. The van der Waals surface area contributed by atoms with E-state index in [0.717, 1.165) is 21.5 Å². The van der Waals surface area contributed by atoms with Crippen LogP contribution in [-0.4, -0.2) is 14.9 Å². The first-order valence-electron chi connectivity index (χ1n) is 6.49. The van der Waals surface area contributed by atoms with Gasteiger partial charge in [-0.25, -0.2) is 0 Å². The van der Waals surface area contributed by atoms with Crippen molar-refractivity contribution in [3.05, 3.63) is 64.3 Å². The van der Waals surface area contributed by atoms with E-state index in [-0.39, 0.29) is 6.61 Å². The van der Waals surface area contributed by atoms with Crippen LogP contribution in [0.15, 0.2) is 42.5 Å². The van der Waals surface area contributed by atoms with Gasteiger partial charge < -0.3 is 5.11 Å². The Bertz CT molecular complexity index is 764. The predicted molar refractivity (Wildman–Crippen MR) is 80.9 cm³/mol. The standard InChI is InChI=1S/C16H15ClN2O/c1-11-8-13(17)7-6-12(11)9-19-16-5-3-2-4-14(16)15(10-20)18-19/h2-8,20H,9-10H2,1H3. The van der Waals surface area contributed by atoms with Gasteiger partial charge in [0.15, 0.2) is 0 Å². The van der Waals surface area contributed by atoms with Crippen molar-refractivity contribution in [2.45, 2.75) is 20.1 Å². The van der Waals surface area contributed by atoms with Gasteiger partial charge in [0.05, 0.1) is 24.4 Å². The molecule has 0 atom stereocenters. The Morgan fingerprint density at radius 3 is 2.75 bits per heavy atom. The number of hydrogen-bond acceptors (Lipinski definition) is 2. The molecule has 3 nitrogen and oxygen atoms in total. The third-order valence-electron chi connectivity index (χ3n) is 3.51. The normalized spacial score (nSPS) is 11.2. The number of fused-ring (bicyclic) bond motifs is 1. The van der Waals surface area contributed by atoms with Crippen LogP contribution >= 0.6 is 11.6 Å². The molecule has 0 saturated heterocycles. The van der Waals surface area contributed by atoms with E-state index >= 15 is 0 Å². The lowest BCUT2D eigenvalue weighted by Crippen LogP contribution is -2.03. The first-order valence-corrected chi connectivity index (χ1v) is 6.87. The minimum atomic E-state index is -0.0485. The van der Waals surface area contributed by atoms with Crippen molar-refractivity contribution in [3.8, 4) is 0 Å². The molecule has 0 unspecified atom stereocenters. The zero-order valence-corrected chi connectivity index (χ0v) is 11.9. The van der Waals surface area contributed by atoms with E-state index in [0.29, 0.717) is 12.2 Å². The molecule has 1 N–H and O–H groups in total. The molecule has 1 heterocycles. The molecule has 0 aliphatic carbocycles. The van der Waals surface area contributed by atoms with Gasteiger partial charge in [0.1, 0.15) is 0 Å². The maximum absolute atomic E-state index is 9.41. The predicted octanol–water partition coefficient (Wildman–Crippen LogP) is 3.54. The van der Waals surface area contributed by atoms with Gasteiger partial charge in [0, 0.05) is 10.4 Å². The van der Waals surface area contributed by atoms with E-state index in [1.54, 1.807) is 0 Å². The maximum atomic E-state index is 9.41. The van der Waals surface area contributed by atoms with Gasteiger partial charge in [-0.2, -0.15) is 5.10 Å². The Morgan fingerprint density at radius 1 is 1.20 bits per heavy atom. The van der Waals surface area contributed by atoms with Crippen molar-refractivity contribution >= 4 is 22.5 Å². The zero-order chi connectivity index (χ0) is 14.1. The van der Waals surface area contributed by atoms with Crippen molar-refractivity contribution in [2.75, 3.05) is 0 Å². The molecule has 3 rings (SSSR count). The van der Waals surface area contributed by atoms with Gasteiger partial charge in [0.2, 0.25) is 0 Å². The summed E-state index contributed by atoms with van der Waals surface area (Å²) in [6.07, 6.45) is 0. The first-order chi connectivity index (χ1) is 9.69. The third-order valence-corrected chi connectivity index (χ3v) is 3.74. The van der Waals surface area contributed by atoms with Gasteiger partial charge in [-0.05, 0) is 36.2 Å². The number of aryl methyl sites for hydroxylation is 1. The van der Waals surface area contributed by atoms with Crippen molar-refractivity contribution in [1.29, 1.82) is 0 Å². The highest BCUT2D eigenvalue weighted by Crippen LogP contribution is 2.21. The molecule has 0 aliphatic rings. The van der Waals surface area contributed by atoms with E-state index < -0.39 is 0 Å². The molecule has 0 saturated carbocycles. The summed E-state index contributed by atoms with van der Waals surface area (Å²) >= 11 is 5.99. The van der Waals surface area contributed by atoms with Crippen LogP contribution in [0.4, 0.5) is 0 Å². The zero-order valence-electron chi connectivity index (χ0n) is 11.2. The fourth-order valence-electron chi connectivity index (χ4n) is 2.43. The molecule has 0 spiro atoms. The quantitative estimate of drug-likeness (QED) is 0.800. The molecule has 0 bridgehead atoms. The van der Waals surface area contributed by atoms with E-state index in [9.17, 15) is 5.11 Å². The summed E-state index contributed by atoms with van der Waals surface area (Å²) in [5, 5.41) is 15.7. The number of aliphatic hydroxyl groups excluding tert-OH is 1. The Kier molecular flexibility index (Phi) is 3.47. The summed E-state index contributed by atoms with van der Waals surface area (Å²) in [6, 6.07) is 13.8. The number of halogens is 1. The summed E-state index contributed by atoms with van der Waals surface area (Å²) in [5.74, 6) is 0. The second kappa shape index (κ2) is 5.27. The minimum absolute atomic E-state index is 0.0485. The van der Waals surface area contributed by atoms with E-state index in [1.165, 1.54) is 5.56 Å². The van der Waals surface area contributed by atoms with Crippen LogP contribution in [0, 0.1) is 6.92 Å². The van der Waals surface area contributed by atoms with Crippen molar-refractivity contribution in [2.24, 2.45) is 0 Å². The van der Waals surface area contributed by atoms with E-state index in [2.05, 4.69) is 5.10 Å². The summed E-state index contributed by atoms with van der Waals surface area (Å²) in [5.41, 5.74) is 4.06. The Labute approximate surface area is 122 Å². The molecule has 20 heavy (non-hydrogen) atoms. The minimum Gasteiger partial charge on any atom is -0.390 e. The smallest absolute Gasteiger partial charge is 0.0957 e. The fraction of sp³-hybridized carbons (Fsp3) is 0.188. The van der Waals surface area contributed by atoms with Crippen molar-refractivity contribution in [3.63, 3.8) is 0 Å². The number of hydrogen-bond donors (Lipinski definition) is 1. The number of aliphatic hydroxyl groups is 1. The number of aromatic nitrogens is 2. The summed E-state index contributed by atoms with van der Waals surface area (Å²) in [4.78, 5) is 0. The number of para-hydroxylation sites is 1. The maximum Gasteiger partial charge on any atom is 0.0957 e. The second-order valence-electron chi connectivity index (χ2n) is 4.85. The topological polar surface area (TPSA) is 38.0 Å². The van der Waals surface area contributed by atoms with Gasteiger partial charge in [-0.3, -0.25) is 4.68 Å². The molecule has 2 aromatic carbocycles. The van der Waals surface area contributed by atoms with Crippen LogP contribution in [-0.2, 0) is 13.2 Å². The van der Waals surface area contributed by atoms with Crippen LogP contribution in [0.25, 0.3) is 10.9 Å². The second-order valence-corrected chi connectivity index (χ2v) is 5.29. The molecule has 0 aliphatic heterocycles. The van der Waals surface area contributed by atoms with Crippen LogP contribution in [0.5, 0.6) is 0 Å². The summed E-state index contributed by atoms with van der Waals surface area (Å²) < 4.78 is 1.93. The third kappa shape index (κ3) is 2.30. The molecule has 0 fully saturated rings. The highest BCUT2D eigenvalue weighted by molar-refractivity contribution is 6.30. The first kappa shape index (κ1) is 13.2. The molecule has 3 aromatic rings. The summed E-state index contributed by atoms with van der Waals surface area (Å²) in [7, 11) is 0. The van der Waals surface area contributed by atoms with Crippen LogP contribution in [0.2, 0.25) is 5.02 Å². The lowest BCUT2D eigenvalue weighted by atomic mass is 10.1. The average molecular weight is 287 g/mol. The van der Waals surface area contributed by atoms with E-state index in [1.807, 2.05) is 54.1 Å². The van der Waals surface area contributed by atoms with Gasteiger partial charge >= 0.3 is 0 Å². The lowest BCUT2D eigenvalue weighted by Gasteiger charge is -2.07. The molecular weight excluding hydrogens is 272 g/mol. The number of nitrogens with zero attached hydrogens (tertiary/aromatic N) is 2. The van der Waals surface area contributed by atoms with Gasteiger partial charge in [0.25, 0.3) is 0 Å². The summed E-state index contributed by atoms with van der Waals surface area (Å²) in [6.45, 7) is 2.66. The fourth-order valence-corrected chi connectivity index (χ4v) is 2.66. The van der Waals surface area contributed by atoms with Crippen LogP contribution in [0.3, 0.4) is 0 Å². The van der Waals surface area contributed by atoms with Crippen LogP contribution in [0.1, 0.15) is 16.8 Å². The Hall–Kier alpha value is -1.84.